The van der Waals surface area contributed by atoms with Crippen LogP contribution in [0.15, 0.2) is 0 Å². The molecule has 0 aliphatic carbocycles. The Morgan fingerprint density at radius 3 is 1.75 bits per heavy atom. The highest BCUT2D eigenvalue weighted by molar-refractivity contribution is 8.01. The van der Waals surface area contributed by atoms with Crippen molar-refractivity contribution in [1.82, 2.24) is 0 Å². The molecular weight excluding hydrogens is 86.8 g/mol. The highest BCUT2D eigenvalue weighted by Crippen LogP contribution is 2.04. The van der Waals surface area contributed by atoms with Crippen molar-refractivity contribution in [2.75, 3.05) is 0 Å². The van der Waals surface area contributed by atoms with Gasteiger partial charge in [-0.25, -0.2) is 0 Å². The zero-order valence-corrected chi connectivity index (χ0v) is 4.39. The molecule has 0 bridgehead atoms. The minimum atomic E-state index is 0. The van der Waals surface area contributed by atoms with Crippen LogP contribution in [-0.2, 0) is 0 Å². The predicted molar refractivity (Wildman–Crippen MR) is 28.0 cm³/mol. The van der Waals surface area contributed by atoms with Crippen molar-refractivity contribution in [3.63, 3.8) is 0 Å². The second-order valence-electron chi connectivity index (χ2n) is 0.167. The lowest BCUT2D eigenvalue weighted by Gasteiger charge is -1.54. The summed E-state index contributed by atoms with van der Waals surface area (Å²) >= 11 is 0. The van der Waals surface area contributed by atoms with Crippen LogP contribution in [0.5, 0.6) is 0 Å². The summed E-state index contributed by atoms with van der Waals surface area (Å²) in [6, 6.07) is 0. The maximum atomic E-state index is 4.84. The average Bonchev–Trinajstić information content (AvgIpc) is 0.918. The van der Waals surface area contributed by atoms with Gasteiger partial charge < -0.3 is 5.50 Å². The molecule has 23 valence electrons. The Hall–Kier alpha value is 0.885. The molecule has 0 aromatic heterocycles. The van der Waals surface area contributed by atoms with Crippen molar-refractivity contribution in [2.45, 2.75) is 0 Å². The molecule has 0 aromatic rings. The first-order chi connectivity index (χ1) is 1.41. The molecule has 1 nitrogen and oxygen atoms in total. The summed E-state index contributed by atoms with van der Waals surface area (Å²) in [5.74, 6) is 0. The van der Waals surface area contributed by atoms with E-state index in [1.54, 1.807) is 0 Å². The van der Waals surface area contributed by atoms with Crippen LogP contribution < -0.4 is 5.50 Å². The molecule has 0 fully saturated rings. The van der Waals surface area contributed by atoms with Gasteiger partial charge in [0.05, 0.1) is 0 Å². The second kappa shape index (κ2) is 9.10. The van der Waals surface area contributed by atoms with Gasteiger partial charge in [0.1, 0.15) is 0 Å². The van der Waals surface area contributed by atoms with Crippen LogP contribution >= 0.6 is 17.3 Å². The third kappa shape index (κ3) is 13.1. The van der Waals surface area contributed by atoms with E-state index in [2.05, 4.69) is 8.93 Å². The highest BCUT2D eigenvalue weighted by Gasteiger charge is 1.30. The van der Waals surface area contributed by atoms with Crippen molar-refractivity contribution in [3.8, 4) is 0 Å². The summed E-state index contributed by atoms with van der Waals surface area (Å²) < 4.78 is 0. The number of hydrogen-bond acceptors (Lipinski definition) is 1. The average molecular weight is 91.8 g/mol. The fourth-order valence-electron chi connectivity index (χ4n) is 0. The molecule has 4 heteroatoms. The molecule has 0 aliphatic heterocycles. The normalized spacial score (nSPS) is 7.50. The van der Waals surface area contributed by atoms with Gasteiger partial charge in [-0.2, -0.15) is 0 Å². The molecule has 0 saturated carbocycles. The first-order valence-electron chi connectivity index (χ1n) is 0.577. The van der Waals surface area contributed by atoms with Gasteiger partial charge in [-0.05, 0) is 8.42 Å². The minimum absolute atomic E-state index is 0. The van der Waals surface area contributed by atoms with Crippen LogP contribution in [0.1, 0.15) is 0 Å². The maximum Gasteiger partial charge on any atom is 0 e. The molecule has 2 atom stereocenters. The Bertz CT molecular complexity index is 6.00. The first kappa shape index (κ1) is 8.86. The Morgan fingerprint density at radius 1 is 1.75 bits per heavy atom. The van der Waals surface area contributed by atoms with E-state index in [0.29, 0.717) is 8.42 Å². The van der Waals surface area contributed by atoms with Gasteiger partial charge in [0.25, 0.3) is 0 Å². The van der Waals surface area contributed by atoms with E-state index in [9.17, 15) is 0 Å². The van der Waals surface area contributed by atoms with Gasteiger partial charge in [0.15, 0.2) is 0 Å². The van der Waals surface area contributed by atoms with Gasteiger partial charge in [-0.1, -0.05) is 8.93 Å². The van der Waals surface area contributed by atoms with Crippen molar-refractivity contribution in [3.05, 3.63) is 0 Å². The molecule has 2 unspecified atom stereocenters. The van der Waals surface area contributed by atoms with Gasteiger partial charge in [-0.15, -0.1) is 0 Å². The molecule has 0 saturated heterocycles. The quantitative estimate of drug-likeness (QED) is 0.329. The summed E-state index contributed by atoms with van der Waals surface area (Å²) in [7, 11) is 2.88. The zero-order chi connectivity index (χ0) is 2.71. The Morgan fingerprint density at radius 2 is 1.75 bits per heavy atom. The lowest BCUT2D eigenvalue weighted by atomic mass is 10.8. The van der Waals surface area contributed by atoms with E-state index < -0.39 is 0 Å². The van der Waals surface area contributed by atoms with Crippen molar-refractivity contribution < 1.29 is 0 Å². The third-order valence-electron chi connectivity index (χ3n) is 0. The van der Waals surface area contributed by atoms with Gasteiger partial charge in [0.2, 0.25) is 0 Å². The Labute approximate surface area is 32.2 Å². The molecule has 2 N–H and O–H groups in total. The van der Waals surface area contributed by atoms with Gasteiger partial charge in [-0.3, -0.25) is 0 Å². The van der Waals surface area contributed by atoms with Gasteiger partial charge in [0, 0.05) is 8.41 Å². The molecule has 0 amide bonds. The molecule has 4 heavy (non-hydrogen) atoms. The second-order valence-corrected chi connectivity index (χ2v) is 1.50. The van der Waals surface area contributed by atoms with Crippen molar-refractivity contribution in [1.29, 1.82) is 0 Å². The standard InChI is InChI=1S/B.H5NP2/c;1-3-2/h;3H,1-2H2. The number of nitrogens with two attached hydrogens (primary N) is 1. The fourth-order valence-corrected chi connectivity index (χ4v) is 0. The largest absolute Gasteiger partial charge is 0.309 e. The first-order valence-corrected chi connectivity index (χ1v) is 3.46. The van der Waals surface area contributed by atoms with Crippen molar-refractivity contribution in [2.24, 2.45) is 5.50 Å². The summed E-state index contributed by atoms with van der Waals surface area (Å²) in [5, 5.41) is 0. The summed E-state index contributed by atoms with van der Waals surface area (Å²) in [6.45, 7) is 0. The van der Waals surface area contributed by atoms with Crippen LogP contribution in [0.25, 0.3) is 0 Å². The van der Waals surface area contributed by atoms with Crippen LogP contribution in [0.3, 0.4) is 0 Å². The van der Waals surface area contributed by atoms with E-state index in [4.69, 9.17) is 5.50 Å². The highest BCUT2D eigenvalue weighted by atomic mass is 32.0. The third-order valence-corrected chi connectivity index (χ3v) is 0. The lowest BCUT2D eigenvalue weighted by molar-refractivity contribution is 2.05. The lowest BCUT2D eigenvalue weighted by Crippen LogP contribution is -1.53. The van der Waals surface area contributed by atoms with Gasteiger partial charge >= 0.3 is 0 Å². The van der Waals surface area contributed by atoms with Crippen LogP contribution in [0.4, 0.5) is 0 Å². The van der Waals surface area contributed by atoms with Crippen LogP contribution in [0, 0.1) is 0 Å². The minimum Gasteiger partial charge on any atom is -0.309 e. The molecule has 3 radical (unpaired) electrons. The SMILES string of the molecule is NPP.[B]. The molecule has 0 rings (SSSR count). The molecule has 0 heterocycles. The molecule has 0 aliphatic rings. The molecule has 0 aromatic carbocycles. The smallest absolute Gasteiger partial charge is 0 e. The van der Waals surface area contributed by atoms with E-state index in [1.165, 1.54) is 0 Å². The van der Waals surface area contributed by atoms with Crippen LogP contribution in [-0.4, -0.2) is 8.41 Å². The predicted octanol–water partition coefficient (Wildman–Crippen LogP) is -0.0521. The number of rotatable bonds is 0. The Balaban J connectivity index is 0. The summed E-state index contributed by atoms with van der Waals surface area (Å²) in [4.78, 5) is 0. The number of hydrogen-bond donors (Lipinski definition) is 1. The maximum absolute atomic E-state index is 4.84. The molecular formula is H5BNP2. The molecule has 0 spiro atoms. The Kier molecular flexibility index (Phi) is 20.2. The monoisotopic (exact) mass is 92.0 g/mol. The summed E-state index contributed by atoms with van der Waals surface area (Å²) in [5.41, 5.74) is 4.84. The summed E-state index contributed by atoms with van der Waals surface area (Å²) in [6.07, 6.45) is 0. The van der Waals surface area contributed by atoms with E-state index in [-0.39, 0.29) is 8.41 Å². The van der Waals surface area contributed by atoms with Crippen LogP contribution in [0.2, 0.25) is 0 Å². The van der Waals surface area contributed by atoms with E-state index in [0.717, 1.165) is 0 Å². The topological polar surface area (TPSA) is 26.0 Å². The van der Waals surface area contributed by atoms with E-state index >= 15 is 0 Å². The fraction of sp³-hybridized carbons (Fsp3) is 0. The van der Waals surface area contributed by atoms with Crippen molar-refractivity contribution >= 4 is 25.8 Å². The zero-order valence-electron chi connectivity index (χ0n) is 2.23. The van der Waals surface area contributed by atoms with E-state index in [1.807, 2.05) is 0 Å².